The van der Waals surface area contributed by atoms with Gasteiger partial charge in [-0.3, -0.25) is 14.5 Å². The Morgan fingerprint density at radius 1 is 0.821 bits per heavy atom. The highest BCUT2D eigenvalue weighted by atomic mass is 16.5. The molecule has 5 heteroatoms. The van der Waals surface area contributed by atoms with Crippen LogP contribution in [0.4, 0.5) is 5.69 Å². The van der Waals surface area contributed by atoms with E-state index in [1.54, 1.807) is 4.90 Å². The number of carbonyl (C=O) groups excluding carboxylic acids is 1. The van der Waals surface area contributed by atoms with Crippen molar-refractivity contribution in [3.63, 3.8) is 0 Å². The van der Waals surface area contributed by atoms with Crippen LogP contribution in [0.15, 0.2) is 100 Å². The van der Waals surface area contributed by atoms with Gasteiger partial charge in [0.15, 0.2) is 5.43 Å². The number of rotatable bonds is 6. The Kier molecular flexibility index (Phi) is 6.27. The van der Waals surface area contributed by atoms with E-state index in [9.17, 15) is 9.59 Å². The van der Waals surface area contributed by atoms with Crippen molar-refractivity contribution in [3.8, 4) is 5.75 Å². The monoisotopic (exact) mass is 515 g/mol. The topological polar surface area (TPSA) is 59.8 Å². The Morgan fingerprint density at radius 3 is 2.21 bits per heavy atom. The second-order valence-electron chi connectivity index (χ2n) is 10.0. The van der Waals surface area contributed by atoms with E-state index in [0.29, 0.717) is 34.6 Å². The van der Waals surface area contributed by atoms with E-state index in [4.69, 9.17) is 9.15 Å². The molecule has 5 nitrogen and oxygen atoms in total. The van der Waals surface area contributed by atoms with E-state index in [-0.39, 0.29) is 17.1 Å². The number of hydrogen-bond acceptors (Lipinski definition) is 4. The highest BCUT2D eigenvalue weighted by molar-refractivity contribution is 6.10. The molecular weight excluding hydrogens is 486 g/mol. The third kappa shape index (κ3) is 4.40. The van der Waals surface area contributed by atoms with Crippen LogP contribution in [0.5, 0.6) is 5.75 Å². The summed E-state index contributed by atoms with van der Waals surface area (Å²) in [6, 6.07) is 28.6. The Labute approximate surface area is 227 Å². The van der Waals surface area contributed by atoms with Crippen LogP contribution in [0.2, 0.25) is 0 Å². The van der Waals surface area contributed by atoms with E-state index in [1.165, 1.54) is 5.56 Å². The summed E-state index contributed by atoms with van der Waals surface area (Å²) in [4.78, 5) is 29.5. The maximum Gasteiger partial charge on any atom is 0.295 e. The molecule has 1 aliphatic heterocycles. The van der Waals surface area contributed by atoms with Gasteiger partial charge in [0, 0.05) is 5.69 Å². The van der Waals surface area contributed by atoms with Gasteiger partial charge in [0.25, 0.3) is 5.91 Å². The number of fused-ring (bicyclic) bond motifs is 2. The van der Waals surface area contributed by atoms with Crippen LogP contribution in [0.25, 0.3) is 11.0 Å². The van der Waals surface area contributed by atoms with Gasteiger partial charge in [-0.2, -0.15) is 0 Å². The summed E-state index contributed by atoms with van der Waals surface area (Å²) in [5, 5.41) is 0.487. The summed E-state index contributed by atoms with van der Waals surface area (Å²) in [6.45, 7) is 6.48. The van der Waals surface area contributed by atoms with Crippen LogP contribution < -0.4 is 15.1 Å². The molecule has 4 aromatic carbocycles. The summed E-state index contributed by atoms with van der Waals surface area (Å²) in [5.74, 6) is 0.494. The van der Waals surface area contributed by atoms with Crippen LogP contribution in [-0.2, 0) is 13.0 Å². The van der Waals surface area contributed by atoms with Gasteiger partial charge in [-0.1, -0.05) is 61.5 Å². The second-order valence-corrected chi connectivity index (χ2v) is 10.0. The van der Waals surface area contributed by atoms with Crippen LogP contribution >= 0.6 is 0 Å². The second kappa shape index (κ2) is 9.91. The maximum atomic E-state index is 14.0. The smallest absolute Gasteiger partial charge is 0.295 e. The summed E-state index contributed by atoms with van der Waals surface area (Å²) >= 11 is 0. The molecule has 0 bridgehead atoms. The van der Waals surface area contributed by atoms with Crippen LogP contribution in [0.3, 0.4) is 0 Å². The highest BCUT2D eigenvalue weighted by Gasteiger charge is 2.43. The molecule has 1 unspecified atom stereocenters. The Hall–Kier alpha value is -4.64. The predicted octanol–water partition coefficient (Wildman–Crippen LogP) is 7.30. The average molecular weight is 516 g/mol. The zero-order chi connectivity index (χ0) is 27.1. The van der Waals surface area contributed by atoms with Crippen molar-refractivity contribution >= 4 is 22.6 Å². The number of nitrogens with zero attached hydrogens (tertiary/aromatic N) is 1. The molecule has 1 aliphatic rings. The lowest BCUT2D eigenvalue weighted by Gasteiger charge is -2.25. The molecule has 5 aromatic rings. The number of anilines is 1. The molecule has 0 N–H and O–H groups in total. The molecule has 0 radical (unpaired) electrons. The lowest BCUT2D eigenvalue weighted by molar-refractivity contribution is 0.0971. The Bertz CT molecular complexity index is 1740. The van der Waals surface area contributed by atoms with Crippen molar-refractivity contribution in [3.05, 3.63) is 140 Å². The fourth-order valence-corrected chi connectivity index (χ4v) is 5.19. The molecule has 1 atom stereocenters. The number of aryl methyl sites for hydroxylation is 3. The van der Waals surface area contributed by atoms with Crippen molar-refractivity contribution < 1.29 is 13.9 Å². The van der Waals surface area contributed by atoms with E-state index in [1.807, 2.05) is 105 Å². The van der Waals surface area contributed by atoms with Gasteiger partial charge < -0.3 is 9.15 Å². The van der Waals surface area contributed by atoms with Crippen molar-refractivity contribution in [2.24, 2.45) is 0 Å². The van der Waals surface area contributed by atoms with Crippen molar-refractivity contribution in [2.75, 3.05) is 4.90 Å². The summed E-state index contributed by atoms with van der Waals surface area (Å²) in [5.41, 5.74) is 6.41. The van der Waals surface area contributed by atoms with Gasteiger partial charge in [-0.05, 0) is 84.5 Å². The predicted molar refractivity (Wildman–Crippen MR) is 154 cm³/mol. The van der Waals surface area contributed by atoms with E-state index >= 15 is 0 Å². The number of hydrogen-bond donors (Lipinski definition) is 0. The molecule has 0 fully saturated rings. The minimum absolute atomic E-state index is 0.102. The molecule has 0 aliphatic carbocycles. The number of carbonyl (C=O) groups is 1. The lowest BCUT2D eigenvalue weighted by atomic mass is 9.97. The molecule has 0 saturated carbocycles. The zero-order valence-electron chi connectivity index (χ0n) is 22.2. The van der Waals surface area contributed by atoms with Gasteiger partial charge >= 0.3 is 0 Å². The minimum Gasteiger partial charge on any atom is -0.489 e. The normalized spacial score (nSPS) is 14.6. The van der Waals surface area contributed by atoms with Gasteiger partial charge in [-0.15, -0.1) is 0 Å². The summed E-state index contributed by atoms with van der Waals surface area (Å²) in [7, 11) is 0. The lowest BCUT2D eigenvalue weighted by Crippen LogP contribution is -2.29. The number of amides is 1. The van der Waals surface area contributed by atoms with Gasteiger partial charge in [0.1, 0.15) is 17.9 Å². The first-order valence-corrected chi connectivity index (χ1v) is 13.2. The molecule has 39 heavy (non-hydrogen) atoms. The zero-order valence-corrected chi connectivity index (χ0v) is 22.2. The first-order valence-electron chi connectivity index (χ1n) is 13.2. The van der Waals surface area contributed by atoms with Crippen LogP contribution in [-0.4, -0.2) is 5.91 Å². The summed E-state index contributed by atoms with van der Waals surface area (Å²) in [6.07, 6.45) is 0.895. The largest absolute Gasteiger partial charge is 0.489 e. The molecule has 194 valence electrons. The van der Waals surface area contributed by atoms with E-state index in [2.05, 4.69) is 6.92 Å². The number of benzene rings is 4. The minimum atomic E-state index is -0.620. The molecule has 0 spiro atoms. The number of ether oxygens (including phenoxy) is 1. The van der Waals surface area contributed by atoms with Crippen molar-refractivity contribution in [1.29, 1.82) is 0 Å². The molecule has 1 amide bonds. The van der Waals surface area contributed by atoms with E-state index < -0.39 is 6.04 Å². The standard InChI is InChI=1S/C34H29NO4/c1-4-23-10-14-26(15-11-23)35-31(25-12-16-27(17-13-25)38-20-24-8-6-5-7-9-24)30-32(36)28-18-21(2)22(3)19-29(28)39-33(30)34(35)37/h5-19,31H,4,20H2,1-3H3. The quantitative estimate of drug-likeness (QED) is 0.238. The molecule has 2 heterocycles. The first-order chi connectivity index (χ1) is 18.9. The van der Waals surface area contributed by atoms with Gasteiger partial charge in [0.2, 0.25) is 5.76 Å². The molecule has 1 aromatic heterocycles. The Morgan fingerprint density at radius 2 is 1.51 bits per heavy atom. The SMILES string of the molecule is CCc1ccc(N2C(=O)c3oc4cc(C)c(C)cc4c(=O)c3C2c2ccc(OCc3ccccc3)cc2)cc1. The maximum absolute atomic E-state index is 14.0. The fourth-order valence-electron chi connectivity index (χ4n) is 5.19. The molecule has 0 saturated heterocycles. The van der Waals surface area contributed by atoms with Crippen molar-refractivity contribution in [1.82, 2.24) is 0 Å². The first kappa shape index (κ1) is 24.7. The third-order valence-electron chi connectivity index (χ3n) is 7.55. The van der Waals surface area contributed by atoms with Crippen molar-refractivity contribution in [2.45, 2.75) is 39.8 Å². The third-order valence-corrected chi connectivity index (χ3v) is 7.55. The van der Waals surface area contributed by atoms with E-state index in [0.717, 1.165) is 28.7 Å². The average Bonchev–Trinajstić information content (AvgIpc) is 3.26. The molecular formula is C34H29NO4. The van der Waals surface area contributed by atoms with Crippen LogP contribution in [0.1, 0.15) is 56.9 Å². The van der Waals surface area contributed by atoms with Crippen LogP contribution in [0, 0.1) is 13.8 Å². The Balaban J connectivity index is 1.45. The highest BCUT2D eigenvalue weighted by Crippen LogP contribution is 2.41. The fraction of sp³-hybridized carbons (Fsp3) is 0.176. The molecule has 6 rings (SSSR count). The van der Waals surface area contributed by atoms with Gasteiger partial charge in [-0.25, -0.2) is 0 Å². The summed E-state index contributed by atoms with van der Waals surface area (Å²) < 4.78 is 12.2. The van der Waals surface area contributed by atoms with Gasteiger partial charge in [0.05, 0.1) is 17.0 Å².